The number of piperidine rings is 1. The second kappa shape index (κ2) is 4.43. The van der Waals surface area contributed by atoms with Crippen molar-refractivity contribution in [2.24, 2.45) is 5.41 Å². The third-order valence-corrected chi connectivity index (χ3v) is 5.18. The maximum absolute atomic E-state index is 12.3. The van der Waals surface area contributed by atoms with E-state index >= 15 is 0 Å². The number of nitrogens with one attached hydrogen (secondary N) is 2. The van der Waals surface area contributed by atoms with Crippen LogP contribution >= 0.6 is 0 Å². The van der Waals surface area contributed by atoms with Gasteiger partial charge in [-0.25, -0.2) is 0 Å². The van der Waals surface area contributed by atoms with Gasteiger partial charge in [0.15, 0.2) is 0 Å². The van der Waals surface area contributed by atoms with Gasteiger partial charge < -0.3 is 20.1 Å². The Morgan fingerprint density at radius 2 is 1.95 bits per heavy atom. The predicted molar refractivity (Wildman–Crippen MR) is 71.0 cm³/mol. The van der Waals surface area contributed by atoms with Crippen LogP contribution in [0.5, 0.6) is 0 Å². The highest BCUT2D eigenvalue weighted by Crippen LogP contribution is 2.69. The first-order chi connectivity index (χ1) is 9.48. The van der Waals surface area contributed by atoms with Crippen LogP contribution in [0.15, 0.2) is 0 Å². The summed E-state index contributed by atoms with van der Waals surface area (Å²) in [5, 5.41) is 6.14. The van der Waals surface area contributed by atoms with Gasteiger partial charge in [0, 0.05) is 13.5 Å². The van der Waals surface area contributed by atoms with E-state index in [-0.39, 0.29) is 17.5 Å². The molecule has 3 heterocycles. The van der Waals surface area contributed by atoms with E-state index < -0.39 is 11.0 Å². The van der Waals surface area contributed by atoms with Crippen molar-refractivity contribution in [3.05, 3.63) is 0 Å². The summed E-state index contributed by atoms with van der Waals surface area (Å²) >= 11 is 0. The fourth-order valence-electron chi connectivity index (χ4n) is 4.34. The van der Waals surface area contributed by atoms with Crippen LogP contribution in [0.2, 0.25) is 0 Å². The fraction of sp³-hybridized carbons (Fsp3) is 0.857. The molecule has 4 rings (SSSR count). The molecule has 0 radical (unpaired) electrons. The molecule has 6 nitrogen and oxygen atoms in total. The molecule has 0 atom stereocenters. The van der Waals surface area contributed by atoms with Crippen LogP contribution in [-0.2, 0) is 19.1 Å². The molecule has 3 saturated heterocycles. The third kappa shape index (κ3) is 1.71. The molecule has 3 aliphatic heterocycles. The number of carbonyl (C=O) groups is 2. The number of hydrogen-bond acceptors (Lipinski definition) is 5. The Balaban J connectivity index is 1.83. The quantitative estimate of drug-likeness (QED) is 0.711. The van der Waals surface area contributed by atoms with Crippen molar-refractivity contribution >= 4 is 11.9 Å². The van der Waals surface area contributed by atoms with Crippen LogP contribution in [-0.4, -0.2) is 49.8 Å². The molecule has 6 heteroatoms. The van der Waals surface area contributed by atoms with E-state index in [1.807, 2.05) is 0 Å². The minimum Gasteiger partial charge on any atom is -0.469 e. The summed E-state index contributed by atoms with van der Waals surface area (Å²) in [7, 11) is 1.44. The monoisotopic (exact) mass is 282 g/mol. The van der Waals surface area contributed by atoms with Gasteiger partial charge in [0.1, 0.15) is 5.41 Å². The smallest absolute Gasteiger partial charge is 0.314 e. The van der Waals surface area contributed by atoms with E-state index in [1.165, 1.54) is 14.0 Å². The summed E-state index contributed by atoms with van der Waals surface area (Å²) in [4.78, 5) is 23.4. The Kier molecular flexibility index (Phi) is 3.06. The van der Waals surface area contributed by atoms with Crippen LogP contribution in [0, 0.1) is 5.41 Å². The number of ether oxygens (including phenoxy) is 2. The van der Waals surface area contributed by atoms with E-state index in [2.05, 4.69) is 10.6 Å². The highest BCUT2D eigenvalue weighted by atomic mass is 16.6. The summed E-state index contributed by atoms with van der Waals surface area (Å²) in [6, 6.07) is 0. The molecule has 1 saturated carbocycles. The second-order valence-corrected chi connectivity index (χ2v) is 6.37. The molecule has 0 unspecified atom stereocenters. The van der Waals surface area contributed by atoms with Gasteiger partial charge >= 0.3 is 5.97 Å². The van der Waals surface area contributed by atoms with E-state index in [0.29, 0.717) is 19.4 Å². The molecule has 0 aromatic heterocycles. The standard InChI is InChI=1S/C14H22N2O4/c1-10(17)16-9-12-7-13(8-12,11(18)19-2)14(20-12)3-5-15-6-4-14/h15H,3-9H2,1-2H3,(H,16,17). The molecule has 1 amide bonds. The van der Waals surface area contributed by atoms with Crippen molar-refractivity contribution in [1.29, 1.82) is 0 Å². The van der Waals surface area contributed by atoms with Crippen molar-refractivity contribution in [1.82, 2.24) is 10.6 Å². The average molecular weight is 282 g/mol. The van der Waals surface area contributed by atoms with E-state index in [0.717, 1.165) is 25.9 Å². The molecule has 4 fully saturated rings. The van der Waals surface area contributed by atoms with Gasteiger partial charge in [-0.15, -0.1) is 0 Å². The Morgan fingerprint density at radius 1 is 1.30 bits per heavy atom. The van der Waals surface area contributed by atoms with E-state index in [4.69, 9.17) is 9.47 Å². The number of hydrogen-bond donors (Lipinski definition) is 2. The van der Waals surface area contributed by atoms with Gasteiger partial charge in [-0.05, 0) is 38.8 Å². The average Bonchev–Trinajstić information content (AvgIpc) is 2.81. The first-order valence-electron chi connectivity index (χ1n) is 7.21. The third-order valence-electron chi connectivity index (χ3n) is 5.18. The van der Waals surface area contributed by atoms with Crippen molar-refractivity contribution in [3.8, 4) is 0 Å². The zero-order chi connectivity index (χ0) is 14.4. The fourth-order valence-corrected chi connectivity index (χ4v) is 4.34. The highest BCUT2D eigenvalue weighted by Gasteiger charge is 2.78. The molecule has 112 valence electrons. The maximum Gasteiger partial charge on any atom is 0.314 e. The first-order valence-corrected chi connectivity index (χ1v) is 7.21. The first kappa shape index (κ1) is 13.8. The summed E-state index contributed by atoms with van der Waals surface area (Å²) in [5.41, 5.74) is -1.30. The summed E-state index contributed by atoms with van der Waals surface area (Å²) in [6.07, 6.45) is 2.97. The molecular weight excluding hydrogens is 260 g/mol. The Labute approximate surface area is 118 Å². The van der Waals surface area contributed by atoms with Gasteiger partial charge in [-0.2, -0.15) is 0 Å². The molecule has 20 heavy (non-hydrogen) atoms. The molecule has 2 N–H and O–H groups in total. The second-order valence-electron chi connectivity index (χ2n) is 6.37. The Morgan fingerprint density at radius 3 is 2.50 bits per heavy atom. The normalized spacial score (nSPS) is 37.3. The largest absolute Gasteiger partial charge is 0.469 e. The minimum absolute atomic E-state index is 0.0650. The van der Waals surface area contributed by atoms with Crippen LogP contribution in [0.3, 0.4) is 0 Å². The van der Waals surface area contributed by atoms with Gasteiger partial charge in [0.25, 0.3) is 0 Å². The zero-order valence-corrected chi connectivity index (χ0v) is 12.1. The summed E-state index contributed by atoms with van der Waals surface area (Å²) in [6.45, 7) is 3.69. The lowest BCUT2D eigenvalue weighted by Crippen LogP contribution is -2.59. The van der Waals surface area contributed by atoms with Gasteiger partial charge in [0.2, 0.25) is 5.91 Å². The number of carbonyl (C=O) groups excluding carboxylic acids is 2. The number of amides is 1. The number of methoxy groups -OCH3 is 1. The Hall–Kier alpha value is -1.14. The molecule has 4 aliphatic rings. The topological polar surface area (TPSA) is 76.7 Å². The van der Waals surface area contributed by atoms with Crippen molar-refractivity contribution in [3.63, 3.8) is 0 Å². The van der Waals surface area contributed by atoms with E-state index in [9.17, 15) is 9.59 Å². The minimum atomic E-state index is -0.512. The summed E-state index contributed by atoms with van der Waals surface area (Å²) < 4.78 is 11.4. The zero-order valence-electron chi connectivity index (χ0n) is 12.1. The van der Waals surface area contributed by atoms with Crippen LogP contribution in [0.4, 0.5) is 0 Å². The van der Waals surface area contributed by atoms with E-state index in [1.54, 1.807) is 0 Å². The number of esters is 1. The summed E-state index contributed by atoms with van der Waals surface area (Å²) in [5.74, 6) is -0.222. The van der Waals surface area contributed by atoms with Crippen LogP contribution < -0.4 is 10.6 Å². The molecular formula is C14H22N2O4. The molecule has 0 aromatic carbocycles. The molecule has 1 aliphatic carbocycles. The molecule has 2 bridgehead atoms. The number of rotatable bonds is 3. The predicted octanol–water partition coefficient (Wildman–Crippen LogP) is -0.0331. The maximum atomic E-state index is 12.3. The van der Waals surface area contributed by atoms with Crippen molar-refractivity contribution in [2.45, 2.75) is 43.8 Å². The lowest BCUT2D eigenvalue weighted by Gasteiger charge is -2.46. The van der Waals surface area contributed by atoms with Crippen LogP contribution in [0.25, 0.3) is 0 Å². The Bertz CT molecular complexity index is 436. The van der Waals surface area contributed by atoms with Crippen molar-refractivity contribution in [2.75, 3.05) is 26.7 Å². The lowest BCUT2D eigenvalue weighted by atomic mass is 9.54. The SMILES string of the molecule is COC(=O)C12CC(CNC(C)=O)(C1)OC21CCNCC1. The molecule has 0 aromatic rings. The van der Waals surface area contributed by atoms with Crippen molar-refractivity contribution < 1.29 is 19.1 Å². The lowest BCUT2D eigenvalue weighted by molar-refractivity contribution is -0.163. The highest BCUT2D eigenvalue weighted by molar-refractivity contribution is 5.82. The molecule has 1 spiro atoms. The van der Waals surface area contributed by atoms with Crippen LogP contribution in [0.1, 0.15) is 32.6 Å². The van der Waals surface area contributed by atoms with Gasteiger partial charge in [-0.3, -0.25) is 9.59 Å². The van der Waals surface area contributed by atoms with Gasteiger partial charge in [-0.1, -0.05) is 0 Å². The van der Waals surface area contributed by atoms with Gasteiger partial charge in [0.05, 0.1) is 18.3 Å².